The third-order valence-electron chi connectivity index (χ3n) is 4.00. The fourth-order valence-electron chi connectivity index (χ4n) is 2.56. The first-order valence-electron chi connectivity index (χ1n) is 8.31. The van der Waals surface area contributed by atoms with Crippen LogP contribution < -0.4 is 10.1 Å². The zero-order valence-electron chi connectivity index (χ0n) is 16.0. The predicted molar refractivity (Wildman–Crippen MR) is 100 cm³/mol. The van der Waals surface area contributed by atoms with Gasteiger partial charge in [0.25, 0.3) is 0 Å². The maximum atomic E-state index is 12.8. The molecule has 2 rings (SSSR count). The molecule has 154 valence electrons. The zero-order valence-corrected chi connectivity index (χ0v) is 16.7. The Morgan fingerprint density at radius 3 is 2.39 bits per heavy atom. The summed E-state index contributed by atoms with van der Waals surface area (Å²) in [7, 11) is 1.36. The Bertz CT molecular complexity index is 889. The lowest BCUT2D eigenvalue weighted by molar-refractivity contribution is -0.138. The number of methoxy groups -OCH3 is 1. The lowest BCUT2D eigenvalue weighted by Crippen LogP contribution is -2.33. The van der Waals surface area contributed by atoms with Gasteiger partial charge < -0.3 is 15.2 Å². The van der Waals surface area contributed by atoms with Crippen LogP contribution in [0.5, 0.6) is 5.75 Å². The van der Waals surface area contributed by atoms with Gasteiger partial charge in [-0.25, -0.2) is 4.79 Å². The molecule has 1 heterocycles. The van der Waals surface area contributed by atoms with Gasteiger partial charge in [0.05, 0.1) is 18.3 Å². The topological polar surface area (TPSA) is 76.4 Å². The van der Waals surface area contributed by atoms with Crippen molar-refractivity contribution in [1.82, 2.24) is 9.78 Å². The molecular formula is C18H21ClF3N3O3. The smallest absolute Gasteiger partial charge is 0.408 e. The number of ether oxygens (including phenoxy) is 1. The van der Waals surface area contributed by atoms with E-state index in [0.29, 0.717) is 11.3 Å². The molecule has 0 aliphatic rings. The molecule has 1 atom stereocenters. The normalized spacial score (nSPS) is 13.3. The summed E-state index contributed by atoms with van der Waals surface area (Å²) >= 11 is 6.29. The average Bonchev–Trinajstić information content (AvgIpc) is 2.91. The van der Waals surface area contributed by atoms with Gasteiger partial charge in [0.2, 0.25) is 0 Å². The molecule has 2 aromatic rings. The number of rotatable bonds is 5. The fourth-order valence-corrected chi connectivity index (χ4v) is 2.86. The van der Waals surface area contributed by atoms with E-state index in [9.17, 15) is 23.1 Å². The van der Waals surface area contributed by atoms with E-state index in [4.69, 9.17) is 16.3 Å². The quantitative estimate of drug-likeness (QED) is 0.711. The van der Waals surface area contributed by atoms with Gasteiger partial charge in [-0.05, 0) is 39.8 Å². The van der Waals surface area contributed by atoms with Crippen molar-refractivity contribution in [3.05, 3.63) is 28.9 Å². The number of nitrogens with zero attached hydrogens (tertiary/aromatic N) is 2. The first-order valence-corrected chi connectivity index (χ1v) is 8.69. The van der Waals surface area contributed by atoms with Gasteiger partial charge in [0.1, 0.15) is 16.8 Å². The molecule has 0 spiro atoms. The molecule has 6 nitrogen and oxygen atoms in total. The predicted octanol–water partition coefficient (Wildman–Crippen LogP) is 5.03. The van der Waals surface area contributed by atoms with Crippen molar-refractivity contribution in [2.75, 3.05) is 12.4 Å². The second kappa shape index (κ2) is 7.54. The van der Waals surface area contributed by atoms with E-state index in [0.717, 1.165) is 6.92 Å². The van der Waals surface area contributed by atoms with Crippen molar-refractivity contribution >= 4 is 23.3 Å². The van der Waals surface area contributed by atoms with E-state index in [1.54, 1.807) is 0 Å². The first kappa shape index (κ1) is 21.9. The van der Waals surface area contributed by atoms with Gasteiger partial charge in [-0.1, -0.05) is 11.6 Å². The van der Waals surface area contributed by atoms with Crippen molar-refractivity contribution in [2.24, 2.45) is 0 Å². The third-order valence-corrected chi connectivity index (χ3v) is 4.35. The van der Waals surface area contributed by atoms with E-state index in [2.05, 4.69) is 10.4 Å². The SMILES string of the molecule is COc1cc(N[C@H](C)C(F)(F)F)ccc1-c1c(Cl)c(C(=O)O)nn1C(C)(C)C. The summed E-state index contributed by atoms with van der Waals surface area (Å²) in [5.74, 6) is -1.06. The summed E-state index contributed by atoms with van der Waals surface area (Å²) in [4.78, 5) is 11.5. The number of carboxylic acids is 1. The number of hydrogen-bond donors (Lipinski definition) is 2. The average molecular weight is 420 g/mol. The fraction of sp³-hybridized carbons (Fsp3) is 0.444. The number of benzene rings is 1. The monoisotopic (exact) mass is 419 g/mol. The number of carbonyl (C=O) groups is 1. The zero-order chi connectivity index (χ0) is 21.4. The molecule has 0 amide bonds. The number of alkyl halides is 3. The molecule has 2 N–H and O–H groups in total. The molecule has 0 aliphatic heterocycles. The van der Waals surface area contributed by atoms with Crippen LogP contribution in [0.4, 0.5) is 18.9 Å². The third kappa shape index (κ3) is 4.35. The number of carboxylic acid groups (broad SMARTS) is 1. The Kier molecular flexibility index (Phi) is 5.89. The molecule has 1 aromatic carbocycles. The molecule has 28 heavy (non-hydrogen) atoms. The van der Waals surface area contributed by atoms with Gasteiger partial charge in [0.15, 0.2) is 5.69 Å². The summed E-state index contributed by atoms with van der Waals surface area (Å²) in [6, 6.07) is 2.59. The first-order chi connectivity index (χ1) is 12.8. The highest BCUT2D eigenvalue weighted by Gasteiger charge is 2.36. The minimum absolute atomic E-state index is 0.0786. The summed E-state index contributed by atoms with van der Waals surface area (Å²) < 4.78 is 45.2. The van der Waals surface area contributed by atoms with Crippen LogP contribution in [0.2, 0.25) is 5.02 Å². The molecule has 0 saturated carbocycles. The van der Waals surface area contributed by atoms with Crippen molar-refractivity contribution in [3.63, 3.8) is 0 Å². The van der Waals surface area contributed by atoms with E-state index in [1.165, 1.54) is 30.0 Å². The van der Waals surface area contributed by atoms with Crippen molar-refractivity contribution in [3.8, 4) is 17.0 Å². The Morgan fingerprint density at radius 1 is 1.32 bits per heavy atom. The Labute approximate surface area is 165 Å². The second-order valence-corrected chi connectivity index (χ2v) is 7.60. The van der Waals surface area contributed by atoms with Crippen molar-refractivity contribution < 1.29 is 27.8 Å². The maximum absolute atomic E-state index is 12.8. The standard InChI is InChI=1S/C18H21ClF3N3O3/c1-9(18(20,21)22)23-10-6-7-11(12(8-10)28-5)15-13(19)14(16(26)27)24-25(15)17(2,3)4/h6-9,23H,1-5H3,(H,26,27)/t9-/m1/s1. The molecule has 1 aromatic heterocycles. The van der Waals surface area contributed by atoms with Gasteiger partial charge in [-0.2, -0.15) is 18.3 Å². The van der Waals surface area contributed by atoms with Crippen LogP contribution in [0, 0.1) is 0 Å². The van der Waals surface area contributed by atoms with E-state index in [-0.39, 0.29) is 22.2 Å². The van der Waals surface area contributed by atoms with Gasteiger partial charge in [-0.3, -0.25) is 4.68 Å². The van der Waals surface area contributed by atoms with Crippen LogP contribution in [0.3, 0.4) is 0 Å². The largest absolute Gasteiger partial charge is 0.496 e. The Balaban J connectivity index is 2.61. The summed E-state index contributed by atoms with van der Waals surface area (Å²) in [5, 5.41) is 15.7. The van der Waals surface area contributed by atoms with Crippen LogP contribution in [0.15, 0.2) is 18.2 Å². The minimum Gasteiger partial charge on any atom is -0.496 e. The molecule has 0 radical (unpaired) electrons. The van der Waals surface area contributed by atoms with E-state index in [1.807, 2.05) is 20.8 Å². The van der Waals surface area contributed by atoms with Gasteiger partial charge in [-0.15, -0.1) is 0 Å². The molecule has 0 bridgehead atoms. The number of halogens is 4. The van der Waals surface area contributed by atoms with Crippen LogP contribution in [0.1, 0.15) is 38.2 Å². The number of nitrogens with one attached hydrogen (secondary N) is 1. The van der Waals surface area contributed by atoms with Crippen LogP contribution in [-0.4, -0.2) is 40.2 Å². The van der Waals surface area contributed by atoms with Gasteiger partial charge in [0, 0.05) is 17.3 Å². The van der Waals surface area contributed by atoms with Crippen molar-refractivity contribution in [1.29, 1.82) is 0 Å². The molecular weight excluding hydrogens is 399 g/mol. The van der Waals surface area contributed by atoms with E-state index < -0.39 is 23.7 Å². The lowest BCUT2D eigenvalue weighted by atomic mass is 10.0. The molecule has 10 heteroatoms. The second-order valence-electron chi connectivity index (χ2n) is 7.22. The van der Waals surface area contributed by atoms with E-state index >= 15 is 0 Å². The number of hydrogen-bond acceptors (Lipinski definition) is 4. The van der Waals surface area contributed by atoms with Crippen LogP contribution in [-0.2, 0) is 5.54 Å². The molecule has 0 saturated heterocycles. The Morgan fingerprint density at radius 2 is 1.93 bits per heavy atom. The summed E-state index contributed by atoms with van der Waals surface area (Å²) in [5.41, 5.74) is -0.0193. The van der Waals surface area contributed by atoms with Gasteiger partial charge >= 0.3 is 12.1 Å². The van der Waals surface area contributed by atoms with Crippen LogP contribution >= 0.6 is 11.6 Å². The van der Waals surface area contributed by atoms with Crippen molar-refractivity contribution in [2.45, 2.75) is 45.5 Å². The Hall–Kier alpha value is -2.42. The maximum Gasteiger partial charge on any atom is 0.408 e. The summed E-state index contributed by atoms with van der Waals surface area (Å²) in [6.45, 7) is 6.46. The van der Waals surface area contributed by atoms with Crippen LogP contribution in [0.25, 0.3) is 11.3 Å². The molecule has 0 unspecified atom stereocenters. The molecule has 0 fully saturated rings. The highest BCUT2D eigenvalue weighted by Crippen LogP contribution is 2.40. The summed E-state index contributed by atoms with van der Waals surface area (Å²) in [6.07, 6.45) is -4.41. The number of aromatic nitrogens is 2. The number of anilines is 1. The lowest BCUT2D eigenvalue weighted by Gasteiger charge is -2.24. The minimum atomic E-state index is -4.41. The number of aromatic carboxylic acids is 1. The highest BCUT2D eigenvalue weighted by molar-refractivity contribution is 6.35. The highest BCUT2D eigenvalue weighted by atomic mass is 35.5. The molecule has 0 aliphatic carbocycles.